The topological polar surface area (TPSA) is 38.3 Å². The molecule has 1 aromatic rings. The number of methoxy groups -OCH3 is 1. The minimum absolute atomic E-state index is 0.0428. The van der Waals surface area contributed by atoms with Gasteiger partial charge in [-0.3, -0.25) is 4.79 Å². The predicted octanol–water partition coefficient (Wildman–Crippen LogP) is 2.33. The van der Waals surface area contributed by atoms with Crippen LogP contribution in [-0.2, 0) is 9.53 Å². The maximum Gasteiger partial charge on any atom is 0.227 e. The number of carbonyl (C=O) groups excluding carboxylic acids is 1. The molecule has 1 amide bonds. The third-order valence-electron chi connectivity index (χ3n) is 2.75. The molecule has 0 bridgehead atoms. The Morgan fingerprint density at radius 1 is 1.35 bits per heavy atom. The van der Waals surface area contributed by atoms with Crippen molar-refractivity contribution in [2.24, 2.45) is 0 Å². The molecule has 0 aromatic heterocycles. The monoisotopic (exact) mass is 235 g/mol. The van der Waals surface area contributed by atoms with Crippen molar-refractivity contribution in [2.75, 3.05) is 20.3 Å². The predicted molar refractivity (Wildman–Crippen MR) is 69.0 cm³/mol. The molecule has 1 atom stereocenters. The summed E-state index contributed by atoms with van der Waals surface area (Å²) >= 11 is 0. The highest BCUT2D eigenvalue weighted by Crippen LogP contribution is 2.18. The van der Waals surface area contributed by atoms with Crippen LogP contribution in [0.25, 0.3) is 0 Å². The normalized spacial score (nSPS) is 12.1. The maximum atomic E-state index is 12.0. The van der Waals surface area contributed by atoms with Crippen molar-refractivity contribution in [3.8, 4) is 0 Å². The summed E-state index contributed by atoms with van der Waals surface area (Å²) in [6.07, 6.45) is 1.67. The number of benzene rings is 1. The van der Waals surface area contributed by atoms with Crippen LogP contribution in [0.3, 0.4) is 0 Å². The van der Waals surface area contributed by atoms with E-state index >= 15 is 0 Å². The van der Waals surface area contributed by atoms with Gasteiger partial charge in [-0.2, -0.15) is 0 Å². The van der Waals surface area contributed by atoms with Crippen LogP contribution in [0.2, 0.25) is 0 Å². The van der Waals surface area contributed by atoms with E-state index in [9.17, 15) is 4.79 Å². The lowest BCUT2D eigenvalue weighted by molar-refractivity contribution is -0.122. The molecular formula is C14H21NO2. The Morgan fingerprint density at radius 3 is 2.65 bits per heavy atom. The molecule has 0 saturated carbocycles. The molecule has 3 nitrogen and oxygen atoms in total. The van der Waals surface area contributed by atoms with E-state index in [1.54, 1.807) is 7.11 Å². The van der Waals surface area contributed by atoms with Gasteiger partial charge in [-0.1, -0.05) is 37.3 Å². The van der Waals surface area contributed by atoms with E-state index in [0.29, 0.717) is 13.2 Å². The summed E-state index contributed by atoms with van der Waals surface area (Å²) < 4.78 is 4.94. The van der Waals surface area contributed by atoms with Crippen molar-refractivity contribution >= 4 is 5.91 Å². The van der Waals surface area contributed by atoms with Crippen LogP contribution in [-0.4, -0.2) is 26.2 Å². The molecule has 1 aromatic carbocycles. The van der Waals surface area contributed by atoms with Gasteiger partial charge in [0.2, 0.25) is 5.91 Å². The largest absolute Gasteiger partial charge is 0.385 e. The molecule has 0 aliphatic heterocycles. The molecule has 0 heterocycles. The van der Waals surface area contributed by atoms with Gasteiger partial charge in [-0.25, -0.2) is 0 Å². The number of hydrogen-bond donors (Lipinski definition) is 1. The average Bonchev–Trinajstić information content (AvgIpc) is 2.37. The number of ether oxygens (including phenoxy) is 1. The Labute approximate surface area is 103 Å². The fourth-order valence-corrected chi connectivity index (χ4v) is 1.81. The van der Waals surface area contributed by atoms with Crippen LogP contribution in [0.4, 0.5) is 0 Å². The van der Waals surface area contributed by atoms with E-state index < -0.39 is 0 Å². The van der Waals surface area contributed by atoms with E-state index in [4.69, 9.17) is 4.74 Å². The third-order valence-corrected chi connectivity index (χ3v) is 2.75. The highest BCUT2D eigenvalue weighted by Gasteiger charge is 2.17. The van der Waals surface area contributed by atoms with Crippen LogP contribution in [0, 0.1) is 0 Å². The molecule has 94 valence electrons. The molecule has 1 rings (SSSR count). The van der Waals surface area contributed by atoms with E-state index in [1.165, 1.54) is 0 Å². The zero-order valence-corrected chi connectivity index (χ0v) is 10.6. The van der Waals surface area contributed by atoms with Gasteiger partial charge in [0.1, 0.15) is 0 Å². The maximum absolute atomic E-state index is 12.0. The minimum atomic E-state index is -0.0428. The van der Waals surface area contributed by atoms with E-state index in [0.717, 1.165) is 18.4 Å². The molecule has 17 heavy (non-hydrogen) atoms. The summed E-state index contributed by atoms with van der Waals surface area (Å²) in [5.74, 6) is 0.0635. The molecule has 0 spiro atoms. The molecule has 0 unspecified atom stereocenters. The number of nitrogens with one attached hydrogen (secondary N) is 1. The van der Waals surface area contributed by atoms with Gasteiger partial charge >= 0.3 is 0 Å². The highest BCUT2D eigenvalue weighted by atomic mass is 16.5. The van der Waals surface area contributed by atoms with Crippen LogP contribution >= 0.6 is 0 Å². The lowest BCUT2D eigenvalue weighted by Gasteiger charge is -2.15. The Bertz CT molecular complexity index is 324. The van der Waals surface area contributed by atoms with E-state index in [2.05, 4.69) is 5.32 Å². The van der Waals surface area contributed by atoms with Gasteiger partial charge in [0, 0.05) is 20.3 Å². The molecule has 0 radical (unpaired) electrons. The van der Waals surface area contributed by atoms with E-state index in [1.807, 2.05) is 37.3 Å². The van der Waals surface area contributed by atoms with Crippen LogP contribution in [0.15, 0.2) is 30.3 Å². The first-order valence-corrected chi connectivity index (χ1v) is 6.11. The second kappa shape index (κ2) is 7.85. The second-order valence-electron chi connectivity index (χ2n) is 4.01. The van der Waals surface area contributed by atoms with Crippen molar-refractivity contribution in [3.63, 3.8) is 0 Å². The van der Waals surface area contributed by atoms with Crippen LogP contribution in [0.1, 0.15) is 31.2 Å². The summed E-state index contributed by atoms with van der Waals surface area (Å²) in [4.78, 5) is 12.0. The van der Waals surface area contributed by atoms with E-state index in [-0.39, 0.29) is 11.8 Å². The van der Waals surface area contributed by atoms with Crippen LogP contribution in [0.5, 0.6) is 0 Å². The Kier molecular flexibility index (Phi) is 6.33. The molecule has 1 N–H and O–H groups in total. The molecular weight excluding hydrogens is 214 g/mol. The van der Waals surface area contributed by atoms with Crippen molar-refractivity contribution in [1.82, 2.24) is 5.32 Å². The first kappa shape index (κ1) is 13.7. The molecule has 0 fully saturated rings. The standard InChI is InChI=1S/C14H21NO2/c1-3-13(12-8-5-4-6-9-12)14(16)15-10-7-11-17-2/h4-6,8-9,13H,3,7,10-11H2,1-2H3,(H,15,16)/t13-/m0/s1. The zero-order valence-electron chi connectivity index (χ0n) is 10.6. The molecule has 3 heteroatoms. The first-order valence-electron chi connectivity index (χ1n) is 6.11. The zero-order chi connectivity index (χ0) is 12.5. The van der Waals surface area contributed by atoms with Gasteiger partial charge in [0.25, 0.3) is 0 Å². The summed E-state index contributed by atoms with van der Waals surface area (Å²) in [5, 5.41) is 2.95. The number of hydrogen-bond acceptors (Lipinski definition) is 2. The number of amides is 1. The summed E-state index contributed by atoms with van der Waals surface area (Å²) in [6.45, 7) is 3.39. The van der Waals surface area contributed by atoms with Gasteiger partial charge < -0.3 is 10.1 Å². The number of carbonyl (C=O) groups is 1. The van der Waals surface area contributed by atoms with Gasteiger partial charge in [-0.15, -0.1) is 0 Å². The van der Waals surface area contributed by atoms with Gasteiger partial charge in [0.05, 0.1) is 5.92 Å². The summed E-state index contributed by atoms with van der Waals surface area (Å²) in [5.41, 5.74) is 1.08. The quantitative estimate of drug-likeness (QED) is 0.737. The SMILES string of the molecule is CC[C@H](C(=O)NCCCOC)c1ccccc1. The van der Waals surface area contributed by atoms with Crippen molar-refractivity contribution < 1.29 is 9.53 Å². The second-order valence-corrected chi connectivity index (χ2v) is 4.01. The Balaban J connectivity index is 2.48. The van der Waals surface area contributed by atoms with Gasteiger partial charge in [0.15, 0.2) is 0 Å². The first-order chi connectivity index (χ1) is 8.29. The Morgan fingerprint density at radius 2 is 2.06 bits per heavy atom. The average molecular weight is 235 g/mol. The number of rotatable bonds is 7. The summed E-state index contributed by atoms with van der Waals surface area (Å²) in [7, 11) is 1.67. The Hall–Kier alpha value is -1.35. The smallest absolute Gasteiger partial charge is 0.227 e. The minimum Gasteiger partial charge on any atom is -0.385 e. The molecule has 0 aliphatic rings. The molecule has 0 saturated heterocycles. The van der Waals surface area contributed by atoms with Gasteiger partial charge in [-0.05, 0) is 18.4 Å². The lowest BCUT2D eigenvalue weighted by Crippen LogP contribution is -2.30. The van der Waals surface area contributed by atoms with Crippen LogP contribution < -0.4 is 5.32 Å². The molecule has 0 aliphatic carbocycles. The lowest BCUT2D eigenvalue weighted by atomic mass is 9.96. The third kappa shape index (κ3) is 4.57. The fourth-order valence-electron chi connectivity index (χ4n) is 1.81. The van der Waals surface area contributed by atoms with Crippen molar-refractivity contribution in [2.45, 2.75) is 25.7 Å². The highest BCUT2D eigenvalue weighted by molar-refractivity contribution is 5.83. The van der Waals surface area contributed by atoms with Crippen molar-refractivity contribution in [1.29, 1.82) is 0 Å². The summed E-state index contributed by atoms with van der Waals surface area (Å²) in [6, 6.07) is 9.91. The van der Waals surface area contributed by atoms with Crippen molar-refractivity contribution in [3.05, 3.63) is 35.9 Å². The fraction of sp³-hybridized carbons (Fsp3) is 0.500.